The van der Waals surface area contributed by atoms with Gasteiger partial charge in [0.15, 0.2) is 0 Å². The average molecular weight is 419 g/mol. The summed E-state index contributed by atoms with van der Waals surface area (Å²) in [5.41, 5.74) is 6.76. The van der Waals surface area contributed by atoms with E-state index >= 15 is 0 Å². The van der Waals surface area contributed by atoms with Crippen molar-refractivity contribution >= 4 is 32.6 Å². The van der Waals surface area contributed by atoms with Crippen LogP contribution in [0.25, 0.3) is 43.8 Å². The molecule has 2 heteroatoms. The molecule has 5 rings (SSSR count). The second kappa shape index (κ2) is 7.13. The summed E-state index contributed by atoms with van der Waals surface area (Å²) in [5, 5.41) is 4.84. The zero-order valence-electron chi connectivity index (χ0n) is 19.8. The third-order valence-electron chi connectivity index (χ3n) is 6.41. The molecule has 0 aliphatic heterocycles. The number of hydrogen-bond donors (Lipinski definition) is 0. The van der Waals surface area contributed by atoms with E-state index < -0.39 is 0 Å². The first-order valence-electron chi connectivity index (χ1n) is 11.4. The molecular formula is C30H30N2. The highest BCUT2D eigenvalue weighted by molar-refractivity contribution is 6.23. The second-order valence-electron chi connectivity index (χ2n) is 10.8. The maximum absolute atomic E-state index is 5.12. The van der Waals surface area contributed by atoms with Crippen LogP contribution in [0.1, 0.15) is 52.7 Å². The quantitative estimate of drug-likeness (QED) is 0.256. The molecule has 0 radical (unpaired) electrons. The van der Waals surface area contributed by atoms with Crippen molar-refractivity contribution in [2.45, 2.75) is 52.4 Å². The van der Waals surface area contributed by atoms with Crippen molar-refractivity contribution in [2.24, 2.45) is 0 Å². The number of aromatic nitrogens is 2. The minimum absolute atomic E-state index is 0.0780. The second-order valence-corrected chi connectivity index (χ2v) is 10.8. The molecule has 0 amide bonds. The van der Waals surface area contributed by atoms with Crippen LogP contribution in [0.4, 0.5) is 0 Å². The van der Waals surface area contributed by atoms with Crippen LogP contribution in [-0.2, 0) is 10.8 Å². The van der Waals surface area contributed by atoms with Crippen molar-refractivity contribution in [2.75, 3.05) is 0 Å². The van der Waals surface area contributed by atoms with Gasteiger partial charge in [0.05, 0.1) is 22.9 Å². The highest BCUT2D eigenvalue weighted by Crippen LogP contribution is 2.38. The number of nitrogens with zero attached hydrogens (tertiary/aromatic N) is 2. The van der Waals surface area contributed by atoms with E-state index in [1.54, 1.807) is 0 Å². The Balaban J connectivity index is 1.92. The molecule has 0 unspecified atom stereocenters. The maximum atomic E-state index is 5.12. The molecule has 1 heterocycles. The summed E-state index contributed by atoms with van der Waals surface area (Å²) in [4.78, 5) is 10.1. The van der Waals surface area contributed by atoms with Gasteiger partial charge in [-0.1, -0.05) is 96.1 Å². The summed E-state index contributed by atoms with van der Waals surface area (Å²) in [6.45, 7) is 13.6. The predicted octanol–water partition coefficient (Wildman–Crippen LogP) is 8.20. The Morgan fingerprint density at radius 3 is 1.62 bits per heavy atom. The van der Waals surface area contributed by atoms with Gasteiger partial charge in [-0.2, -0.15) is 0 Å². The zero-order valence-corrected chi connectivity index (χ0v) is 19.8. The van der Waals surface area contributed by atoms with Crippen molar-refractivity contribution < 1.29 is 0 Å². The van der Waals surface area contributed by atoms with Gasteiger partial charge in [-0.15, -0.1) is 0 Å². The van der Waals surface area contributed by atoms with Gasteiger partial charge in [-0.3, -0.25) is 4.98 Å². The van der Waals surface area contributed by atoms with Crippen LogP contribution in [0.2, 0.25) is 0 Å². The minimum atomic E-state index is 0.0780. The molecule has 0 N–H and O–H groups in total. The fraction of sp³-hybridized carbons (Fsp3) is 0.267. The Labute approximate surface area is 190 Å². The third kappa shape index (κ3) is 3.44. The molecule has 32 heavy (non-hydrogen) atoms. The van der Waals surface area contributed by atoms with E-state index in [0.29, 0.717) is 0 Å². The SMILES string of the molecule is CC(C)(C)c1ccc2c(c1)c1cc(C(C)(C)C)ccc1c1nc(-c3ccccc3)cnc21. The predicted molar refractivity (Wildman–Crippen MR) is 137 cm³/mol. The minimum Gasteiger partial charge on any atom is -0.252 e. The third-order valence-corrected chi connectivity index (χ3v) is 6.41. The summed E-state index contributed by atoms with van der Waals surface area (Å²) < 4.78 is 0. The molecular weight excluding hydrogens is 388 g/mol. The van der Waals surface area contributed by atoms with Crippen molar-refractivity contribution in [3.63, 3.8) is 0 Å². The van der Waals surface area contributed by atoms with Gasteiger partial charge < -0.3 is 0 Å². The van der Waals surface area contributed by atoms with E-state index in [9.17, 15) is 0 Å². The van der Waals surface area contributed by atoms with E-state index in [4.69, 9.17) is 9.97 Å². The molecule has 0 aliphatic carbocycles. The summed E-state index contributed by atoms with van der Waals surface area (Å²) in [6.07, 6.45) is 1.91. The van der Waals surface area contributed by atoms with Crippen LogP contribution >= 0.6 is 0 Å². The first-order valence-corrected chi connectivity index (χ1v) is 11.4. The topological polar surface area (TPSA) is 25.8 Å². The molecule has 0 saturated carbocycles. The van der Waals surface area contributed by atoms with Crippen LogP contribution in [0.5, 0.6) is 0 Å². The fourth-order valence-electron chi connectivity index (χ4n) is 4.40. The van der Waals surface area contributed by atoms with Crippen molar-refractivity contribution in [1.29, 1.82) is 0 Å². The largest absolute Gasteiger partial charge is 0.252 e. The number of fused-ring (bicyclic) bond motifs is 6. The molecule has 2 nitrogen and oxygen atoms in total. The van der Waals surface area contributed by atoms with E-state index in [2.05, 4.69) is 90.1 Å². The van der Waals surface area contributed by atoms with E-state index in [1.807, 2.05) is 24.4 Å². The van der Waals surface area contributed by atoms with Crippen LogP contribution in [-0.4, -0.2) is 9.97 Å². The van der Waals surface area contributed by atoms with Gasteiger partial charge in [0.25, 0.3) is 0 Å². The lowest BCUT2D eigenvalue weighted by Crippen LogP contribution is -2.11. The highest BCUT2D eigenvalue weighted by atomic mass is 14.8. The molecule has 0 atom stereocenters. The van der Waals surface area contributed by atoms with Crippen LogP contribution in [0.3, 0.4) is 0 Å². The van der Waals surface area contributed by atoms with Gasteiger partial charge in [0, 0.05) is 16.3 Å². The van der Waals surface area contributed by atoms with Crippen molar-refractivity contribution in [1.82, 2.24) is 9.97 Å². The lowest BCUT2D eigenvalue weighted by atomic mass is 9.83. The Morgan fingerprint density at radius 1 is 0.562 bits per heavy atom. The molecule has 0 saturated heterocycles. The van der Waals surface area contributed by atoms with Gasteiger partial charge in [-0.05, 0) is 44.9 Å². The molecule has 4 aromatic carbocycles. The van der Waals surface area contributed by atoms with Gasteiger partial charge in [0.1, 0.15) is 0 Å². The number of hydrogen-bond acceptors (Lipinski definition) is 2. The van der Waals surface area contributed by atoms with E-state index in [1.165, 1.54) is 27.3 Å². The molecule has 0 spiro atoms. The molecule has 0 fully saturated rings. The van der Waals surface area contributed by atoms with Crippen molar-refractivity contribution in [3.05, 3.63) is 84.1 Å². The maximum Gasteiger partial charge on any atom is 0.0979 e. The van der Waals surface area contributed by atoms with Crippen molar-refractivity contribution in [3.8, 4) is 11.3 Å². The zero-order chi connectivity index (χ0) is 22.7. The number of benzene rings is 4. The Kier molecular flexibility index (Phi) is 4.60. The average Bonchev–Trinajstić information content (AvgIpc) is 2.77. The summed E-state index contributed by atoms with van der Waals surface area (Å²) in [7, 11) is 0. The first kappa shape index (κ1) is 20.6. The van der Waals surface area contributed by atoms with Crippen LogP contribution < -0.4 is 0 Å². The summed E-state index contributed by atoms with van der Waals surface area (Å²) in [6, 6.07) is 24.0. The Morgan fingerprint density at radius 2 is 1.09 bits per heavy atom. The van der Waals surface area contributed by atoms with Crippen LogP contribution in [0.15, 0.2) is 72.9 Å². The monoisotopic (exact) mass is 418 g/mol. The molecule has 0 aliphatic rings. The number of rotatable bonds is 1. The molecule has 0 bridgehead atoms. The molecule has 1 aromatic heterocycles. The first-order chi connectivity index (χ1) is 15.1. The normalized spacial score (nSPS) is 12.7. The Bertz CT molecular complexity index is 1470. The van der Waals surface area contributed by atoms with Gasteiger partial charge in [-0.25, -0.2) is 4.98 Å². The smallest absolute Gasteiger partial charge is 0.0979 e. The summed E-state index contributed by atoms with van der Waals surface area (Å²) >= 11 is 0. The molecule has 160 valence electrons. The highest BCUT2D eigenvalue weighted by Gasteiger charge is 2.20. The Hall–Kier alpha value is -3.26. The standard InChI is InChI=1S/C30H30N2/c1-29(2,3)20-12-14-22-24(16-20)25-17-21(30(4,5)6)13-15-23(25)28-27(22)31-18-26(32-28)19-10-8-7-9-11-19/h7-18H,1-6H3. The lowest BCUT2D eigenvalue weighted by Gasteiger charge is -2.22. The van der Waals surface area contributed by atoms with Gasteiger partial charge >= 0.3 is 0 Å². The lowest BCUT2D eigenvalue weighted by molar-refractivity contribution is 0.590. The fourth-order valence-corrected chi connectivity index (χ4v) is 4.40. The molecule has 5 aromatic rings. The van der Waals surface area contributed by atoms with Crippen LogP contribution in [0, 0.1) is 0 Å². The summed E-state index contributed by atoms with van der Waals surface area (Å²) in [5.74, 6) is 0. The van der Waals surface area contributed by atoms with E-state index in [0.717, 1.165) is 27.7 Å². The van der Waals surface area contributed by atoms with Gasteiger partial charge in [0.2, 0.25) is 0 Å². The van der Waals surface area contributed by atoms with E-state index in [-0.39, 0.29) is 10.8 Å².